The number of hydrogen-bond donors (Lipinski definition) is 0. The Balaban J connectivity index is 3.49. The first-order valence-corrected chi connectivity index (χ1v) is 6.87. The van der Waals surface area contributed by atoms with Crippen molar-refractivity contribution in [3.05, 3.63) is 29.3 Å². The molecule has 98 valence electrons. The number of halogens is 1. The summed E-state index contributed by atoms with van der Waals surface area (Å²) >= 11 is 0. The minimum Gasteiger partial charge on any atom is -0.465 e. The Labute approximate surface area is 108 Å². The van der Waals surface area contributed by atoms with Crippen LogP contribution in [0.2, 0.25) is 0 Å². The van der Waals surface area contributed by atoms with E-state index in [4.69, 9.17) is 10.7 Å². The summed E-state index contributed by atoms with van der Waals surface area (Å²) in [7, 11) is 3.30. The van der Waals surface area contributed by atoms with Gasteiger partial charge in [-0.25, -0.2) is 18.0 Å². The molecule has 0 unspecified atom stereocenters. The minimum atomic E-state index is -4.12. The minimum absolute atomic E-state index is 0.0157. The van der Waals surface area contributed by atoms with Crippen molar-refractivity contribution in [3.8, 4) is 0 Å². The van der Waals surface area contributed by atoms with Gasteiger partial charge in [0.2, 0.25) is 0 Å². The molecule has 0 heterocycles. The molecule has 0 radical (unpaired) electrons. The van der Waals surface area contributed by atoms with Crippen LogP contribution in [0.1, 0.15) is 20.7 Å². The molecule has 0 saturated heterocycles. The Morgan fingerprint density at radius 2 is 1.67 bits per heavy atom. The van der Waals surface area contributed by atoms with Gasteiger partial charge in [-0.3, -0.25) is 0 Å². The molecule has 0 aliphatic heterocycles. The van der Waals surface area contributed by atoms with E-state index in [0.29, 0.717) is 0 Å². The van der Waals surface area contributed by atoms with Crippen LogP contribution in [-0.4, -0.2) is 34.6 Å². The van der Waals surface area contributed by atoms with Gasteiger partial charge >= 0.3 is 11.9 Å². The predicted octanol–water partition coefficient (Wildman–Crippen LogP) is 1.19. The van der Waals surface area contributed by atoms with Crippen LogP contribution in [0.4, 0.5) is 0 Å². The quantitative estimate of drug-likeness (QED) is 0.614. The highest BCUT2D eigenvalue weighted by atomic mass is 35.7. The first kappa shape index (κ1) is 14.5. The Morgan fingerprint density at radius 1 is 1.11 bits per heavy atom. The lowest BCUT2D eigenvalue weighted by molar-refractivity contribution is 0.0595. The molecule has 6 nitrogen and oxygen atoms in total. The van der Waals surface area contributed by atoms with Crippen LogP contribution in [0.25, 0.3) is 0 Å². The molecule has 0 saturated carbocycles. The monoisotopic (exact) mass is 292 g/mol. The molecule has 1 aromatic carbocycles. The average molecular weight is 293 g/mol. The zero-order valence-electron chi connectivity index (χ0n) is 9.47. The SMILES string of the molecule is COC(=O)c1ccc(S(=O)(=O)Cl)c(C(=O)OC)c1. The summed E-state index contributed by atoms with van der Waals surface area (Å²) < 4.78 is 31.4. The van der Waals surface area contributed by atoms with Gasteiger partial charge in [0.15, 0.2) is 0 Å². The molecule has 1 rings (SSSR count). The summed E-state index contributed by atoms with van der Waals surface area (Å²) in [5, 5.41) is 0. The molecule has 0 atom stereocenters. The van der Waals surface area contributed by atoms with E-state index in [1.807, 2.05) is 0 Å². The average Bonchev–Trinajstić information content (AvgIpc) is 2.35. The Morgan fingerprint density at radius 3 is 2.11 bits per heavy atom. The summed E-state index contributed by atoms with van der Waals surface area (Å²) in [6.45, 7) is 0. The standard InChI is InChI=1S/C10H9ClO6S/c1-16-9(12)6-3-4-8(18(11,14)15)7(5-6)10(13)17-2/h3-5H,1-2H3. The number of ether oxygens (including phenoxy) is 2. The third kappa shape index (κ3) is 2.99. The first-order chi connectivity index (χ1) is 8.31. The molecule has 0 spiro atoms. The number of rotatable bonds is 3. The van der Waals surface area contributed by atoms with Crippen molar-refractivity contribution in [1.82, 2.24) is 0 Å². The molecule has 0 aliphatic carbocycles. The van der Waals surface area contributed by atoms with Gasteiger partial charge in [0.1, 0.15) is 0 Å². The lowest BCUT2D eigenvalue weighted by Crippen LogP contribution is -2.10. The van der Waals surface area contributed by atoms with Crippen molar-refractivity contribution in [2.45, 2.75) is 4.90 Å². The van der Waals surface area contributed by atoms with Crippen LogP contribution in [0.15, 0.2) is 23.1 Å². The van der Waals surface area contributed by atoms with E-state index in [1.54, 1.807) is 0 Å². The molecular formula is C10H9ClO6S. The van der Waals surface area contributed by atoms with E-state index in [2.05, 4.69) is 9.47 Å². The van der Waals surface area contributed by atoms with E-state index in [0.717, 1.165) is 26.4 Å². The summed E-state index contributed by atoms with van der Waals surface area (Å²) in [4.78, 5) is 22.3. The van der Waals surface area contributed by atoms with Crippen LogP contribution >= 0.6 is 10.7 Å². The number of methoxy groups -OCH3 is 2. The molecule has 18 heavy (non-hydrogen) atoms. The Kier molecular flexibility index (Phi) is 4.31. The maximum Gasteiger partial charge on any atom is 0.339 e. The van der Waals surface area contributed by atoms with Crippen molar-refractivity contribution >= 4 is 31.7 Å². The lowest BCUT2D eigenvalue weighted by Gasteiger charge is -2.07. The van der Waals surface area contributed by atoms with E-state index in [-0.39, 0.29) is 11.1 Å². The van der Waals surface area contributed by atoms with Crippen LogP contribution < -0.4 is 0 Å². The third-order valence-corrected chi connectivity index (χ3v) is 3.45. The lowest BCUT2D eigenvalue weighted by atomic mass is 10.1. The zero-order valence-corrected chi connectivity index (χ0v) is 11.0. The van der Waals surface area contributed by atoms with Gasteiger partial charge in [-0.2, -0.15) is 0 Å². The van der Waals surface area contributed by atoms with E-state index < -0.39 is 25.9 Å². The third-order valence-electron chi connectivity index (χ3n) is 2.07. The maximum absolute atomic E-state index is 11.4. The summed E-state index contributed by atoms with van der Waals surface area (Å²) in [5.41, 5.74) is -0.308. The largest absolute Gasteiger partial charge is 0.465 e. The van der Waals surface area contributed by atoms with Gasteiger partial charge in [-0.1, -0.05) is 0 Å². The fourth-order valence-corrected chi connectivity index (χ4v) is 2.30. The molecular weight excluding hydrogens is 284 g/mol. The molecule has 0 fully saturated rings. The number of carbonyl (C=O) groups is 2. The number of benzene rings is 1. The second kappa shape index (κ2) is 5.36. The van der Waals surface area contributed by atoms with Crippen molar-refractivity contribution < 1.29 is 27.5 Å². The highest BCUT2D eigenvalue weighted by Crippen LogP contribution is 2.22. The molecule has 0 aliphatic rings. The van der Waals surface area contributed by atoms with E-state index in [9.17, 15) is 18.0 Å². The maximum atomic E-state index is 11.4. The molecule has 0 amide bonds. The molecule has 0 aromatic heterocycles. The number of carbonyl (C=O) groups excluding carboxylic acids is 2. The van der Waals surface area contributed by atoms with Crippen LogP contribution in [-0.2, 0) is 18.5 Å². The van der Waals surface area contributed by atoms with Gasteiger partial charge in [0.05, 0.1) is 30.2 Å². The summed E-state index contributed by atoms with van der Waals surface area (Å²) in [6, 6.07) is 3.28. The first-order valence-electron chi connectivity index (χ1n) is 4.56. The van der Waals surface area contributed by atoms with Gasteiger partial charge in [0.25, 0.3) is 9.05 Å². The van der Waals surface area contributed by atoms with Crippen LogP contribution in [0.3, 0.4) is 0 Å². The van der Waals surface area contributed by atoms with Crippen molar-refractivity contribution in [2.24, 2.45) is 0 Å². The van der Waals surface area contributed by atoms with Gasteiger partial charge in [-0.15, -0.1) is 0 Å². The normalized spacial score (nSPS) is 10.8. The van der Waals surface area contributed by atoms with E-state index in [1.165, 1.54) is 6.07 Å². The Hall–Kier alpha value is -1.60. The molecule has 8 heteroatoms. The fraction of sp³-hybridized carbons (Fsp3) is 0.200. The predicted molar refractivity (Wildman–Crippen MR) is 62.2 cm³/mol. The van der Waals surface area contributed by atoms with Gasteiger partial charge in [-0.05, 0) is 18.2 Å². The van der Waals surface area contributed by atoms with Crippen molar-refractivity contribution in [3.63, 3.8) is 0 Å². The highest BCUT2D eigenvalue weighted by Gasteiger charge is 2.23. The zero-order chi connectivity index (χ0) is 13.9. The smallest absolute Gasteiger partial charge is 0.339 e. The summed E-state index contributed by atoms with van der Waals surface area (Å²) in [6.07, 6.45) is 0. The fourth-order valence-electron chi connectivity index (χ4n) is 1.26. The summed E-state index contributed by atoms with van der Waals surface area (Å²) in [5.74, 6) is -1.63. The molecule has 0 bridgehead atoms. The van der Waals surface area contributed by atoms with Crippen molar-refractivity contribution in [2.75, 3.05) is 14.2 Å². The van der Waals surface area contributed by atoms with Crippen LogP contribution in [0.5, 0.6) is 0 Å². The molecule has 1 aromatic rings. The van der Waals surface area contributed by atoms with Crippen molar-refractivity contribution in [1.29, 1.82) is 0 Å². The van der Waals surface area contributed by atoms with Gasteiger partial charge in [0, 0.05) is 10.7 Å². The highest BCUT2D eigenvalue weighted by molar-refractivity contribution is 8.13. The number of esters is 2. The van der Waals surface area contributed by atoms with Crippen LogP contribution in [0, 0.1) is 0 Å². The molecule has 0 N–H and O–H groups in total. The second-order valence-electron chi connectivity index (χ2n) is 3.13. The topological polar surface area (TPSA) is 86.7 Å². The number of hydrogen-bond acceptors (Lipinski definition) is 6. The Bertz CT molecular complexity index is 592. The second-order valence-corrected chi connectivity index (χ2v) is 5.67. The van der Waals surface area contributed by atoms with Gasteiger partial charge < -0.3 is 9.47 Å². The van der Waals surface area contributed by atoms with E-state index >= 15 is 0 Å².